The maximum absolute atomic E-state index is 12.2. The topological polar surface area (TPSA) is 68.9 Å². The van der Waals surface area contributed by atoms with Crippen molar-refractivity contribution in [2.45, 2.75) is 0 Å². The summed E-state index contributed by atoms with van der Waals surface area (Å²) < 4.78 is 2.96. The van der Waals surface area contributed by atoms with E-state index in [1.807, 2.05) is 0 Å². The first-order valence-electron chi connectivity index (χ1n) is 6.82. The van der Waals surface area contributed by atoms with E-state index in [2.05, 4.69) is 10.4 Å². The van der Waals surface area contributed by atoms with Gasteiger partial charge in [0.1, 0.15) is 5.69 Å². The average molecular weight is 329 g/mol. The fraction of sp³-hybridized carbons (Fsp3) is 0.0625. The van der Waals surface area contributed by atoms with Crippen molar-refractivity contribution >= 4 is 23.2 Å². The van der Waals surface area contributed by atoms with Crippen molar-refractivity contribution in [2.75, 3.05) is 5.32 Å². The number of amides is 1. The molecule has 7 heteroatoms. The summed E-state index contributed by atoms with van der Waals surface area (Å²) in [7, 11) is 1.62. The molecule has 116 valence electrons. The van der Waals surface area contributed by atoms with Crippen molar-refractivity contribution in [2.24, 2.45) is 7.05 Å². The maximum atomic E-state index is 12.2. The third kappa shape index (κ3) is 3.17. The fourth-order valence-corrected chi connectivity index (χ4v) is 2.19. The summed E-state index contributed by atoms with van der Waals surface area (Å²) >= 11 is 5.85. The van der Waals surface area contributed by atoms with Gasteiger partial charge >= 0.3 is 0 Å². The van der Waals surface area contributed by atoms with E-state index in [-0.39, 0.29) is 11.2 Å². The molecule has 0 radical (unpaired) electrons. The molecule has 0 bridgehead atoms. The molecule has 0 spiro atoms. The number of halogens is 1. The lowest BCUT2D eigenvalue weighted by molar-refractivity contribution is 0.102. The smallest absolute Gasteiger partial charge is 0.274 e. The van der Waals surface area contributed by atoms with E-state index in [1.165, 1.54) is 10.8 Å². The van der Waals surface area contributed by atoms with Crippen LogP contribution in [0.25, 0.3) is 5.69 Å². The van der Waals surface area contributed by atoms with E-state index in [0.29, 0.717) is 10.6 Å². The molecular weight excluding hydrogens is 316 g/mol. The number of hydrogen-bond acceptors (Lipinski definition) is 3. The minimum absolute atomic E-state index is 0.222. The van der Waals surface area contributed by atoms with E-state index >= 15 is 0 Å². The van der Waals surface area contributed by atoms with Crippen molar-refractivity contribution in [3.05, 3.63) is 75.9 Å². The van der Waals surface area contributed by atoms with Gasteiger partial charge < -0.3 is 9.88 Å². The average Bonchev–Trinajstić information content (AvgIpc) is 3.02. The standard InChI is InChI=1S/C16H13ClN4O2/c1-20-8-2-3-14(16(20)23)19-15(22)11-9-18-21(10-11)13-6-4-12(17)5-7-13/h2-10H,1H3,(H,19,22). The molecule has 0 fully saturated rings. The summed E-state index contributed by atoms with van der Waals surface area (Å²) in [6.07, 6.45) is 4.65. The number of benzene rings is 1. The van der Waals surface area contributed by atoms with Gasteiger partial charge in [0.15, 0.2) is 0 Å². The van der Waals surface area contributed by atoms with Gasteiger partial charge in [-0.2, -0.15) is 5.10 Å². The molecule has 3 aromatic rings. The van der Waals surface area contributed by atoms with Gasteiger partial charge in [0.05, 0.1) is 17.4 Å². The monoisotopic (exact) mass is 328 g/mol. The van der Waals surface area contributed by atoms with Gasteiger partial charge in [-0.15, -0.1) is 0 Å². The number of rotatable bonds is 3. The van der Waals surface area contributed by atoms with Crippen LogP contribution < -0.4 is 10.9 Å². The predicted molar refractivity (Wildman–Crippen MR) is 88.2 cm³/mol. The van der Waals surface area contributed by atoms with E-state index in [4.69, 9.17) is 11.6 Å². The van der Waals surface area contributed by atoms with Crippen molar-refractivity contribution in [1.29, 1.82) is 0 Å². The minimum Gasteiger partial charge on any atom is -0.317 e. The highest BCUT2D eigenvalue weighted by atomic mass is 35.5. The molecule has 3 rings (SSSR count). The highest BCUT2D eigenvalue weighted by Gasteiger charge is 2.12. The summed E-state index contributed by atoms with van der Waals surface area (Å²) in [5, 5.41) is 7.37. The molecule has 0 saturated carbocycles. The second-order valence-corrected chi connectivity index (χ2v) is 5.38. The number of hydrogen-bond donors (Lipinski definition) is 1. The summed E-state index contributed by atoms with van der Waals surface area (Å²) in [6, 6.07) is 10.3. The molecule has 0 aliphatic heterocycles. The Hall–Kier alpha value is -2.86. The Morgan fingerprint density at radius 1 is 1.22 bits per heavy atom. The van der Waals surface area contributed by atoms with E-state index in [0.717, 1.165) is 5.69 Å². The second kappa shape index (κ2) is 6.10. The summed E-state index contributed by atoms with van der Waals surface area (Å²) in [5.41, 5.74) is 1.08. The molecular formula is C16H13ClN4O2. The van der Waals surface area contributed by atoms with Crippen LogP contribution in [-0.4, -0.2) is 20.3 Å². The number of carbonyl (C=O) groups excluding carboxylic acids is 1. The first-order valence-corrected chi connectivity index (χ1v) is 7.20. The van der Waals surface area contributed by atoms with Gasteiger partial charge in [-0.05, 0) is 36.4 Å². The Morgan fingerprint density at radius 2 is 1.96 bits per heavy atom. The largest absolute Gasteiger partial charge is 0.317 e. The van der Waals surface area contributed by atoms with Gasteiger partial charge in [-0.3, -0.25) is 9.59 Å². The molecule has 0 atom stereocenters. The zero-order valence-corrected chi connectivity index (χ0v) is 13.0. The molecule has 1 aromatic carbocycles. The highest BCUT2D eigenvalue weighted by molar-refractivity contribution is 6.30. The third-order valence-corrected chi connectivity index (χ3v) is 3.56. The third-order valence-electron chi connectivity index (χ3n) is 3.31. The van der Waals surface area contributed by atoms with Crippen LogP contribution in [-0.2, 0) is 7.05 Å². The molecule has 2 heterocycles. The Balaban J connectivity index is 1.82. The van der Waals surface area contributed by atoms with Gasteiger partial charge in [-0.1, -0.05) is 11.6 Å². The fourth-order valence-electron chi connectivity index (χ4n) is 2.06. The molecule has 2 aromatic heterocycles. The van der Waals surface area contributed by atoms with E-state index in [1.54, 1.807) is 60.5 Å². The molecule has 1 amide bonds. The summed E-state index contributed by atoms with van der Waals surface area (Å²) in [5.74, 6) is -0.395. The van der Waals surface area contributed by atoms with Gasteiger partial charge in [-0.25, -0.2) is 4.68 Å². The van der Waals surface area contributed by atoms with Gasteiger partial charge in [0, 0.05) is 24.5 Å². The van der Waals surface area contributed by atoms with Crippen LogP contribution in [0.5, 0.6) is 0 Å². The second-order valence-electron chi connectivity index (χ2n) is 4.94. The molecule has 0 saturated heterocycles. The zero-order chi connectivity index (χ0) is 16.4. The van der Waals surface area contributed by atoms with Crippen LogP contribution in [0.4, 0.5) is 5.69 Å². The quantitative estimate of drug-likeness (QED) is 0.803. The van der Waals surface area contributed by atoms with Crippen molar-refractivity contribution in [1.82, 2.24) is 14.3 Å². The normalized spacial score (nSPS) is 10.5. The summed E-state index contributed by atoms with van der Waals surface area (Å²) in [4.78, 5) is 24.2. The first-order chi connectivity index (χ1) is 11.0. The van der Waals surface area contributed by atoms with Crippen molar-refractivity contribution < 1.29 is 4.79 Å². The van der Waals surface area contributed by atoms with Crippen molar-refractivity contribution in [3.8, 4) is 5.69 Å². The van der Waals surface area contributed by atoms with E-state index < -0.39 is 5.91 Å². The minimum atomic E-state index is -0.395. The Kier molecular flexibility index (Phi) is 3.99. The SMILES string of the molecule is Cn1cccc(NC(=O)c2cnn(-c3ccc(Cl)cc3)c2)c1=O. The number of aromatic nitrogens is 3. The highest BCUT2D eigenvalue weighted by Crippen LogP contribution is 2.14. The van der Waals surface area contributed by atoms with Gasteiger partial charge in [0.2, 0.25) is 0 Å². The molecule has 6 nitrogen and oxygen atoms in total. The lowest BCUT2D eigenvalue weighted by Crippen LogP contribution is -2.23. The van der Waals surface area contributed by atoms with Crippen LogP contribution in [0.15, 0.2) is 59.8 Å². The molecule has 0 aliphatic carbocycles. The Labute approximate surface area is 136 Å². The predicted octanol–water partition coefficient (Wildman–Crippen LogP) is 2.48. The van der Waals surface area contributed by atoms with Crippen LogP contribution in [0.3, 0.4) is 0 Å². The Morgan fingerprint density at radius 3 is 2.70 bits per heavy atom. The maximum Gasteiger partial charge on any atom is 0.274 e. The number of anilines is 1. The zero-order valence-electron chi connectivity index (χ0n) is 12.2. The number of pyridine rings is 1. The lowest BCUT2D eigenvalue weighted by atomic mass is 10.3. The molecule has 23 heavy (non-hydrogen) atoms. The summed E-state index contributed by atoms with van der Waals surface area (Å²) in [6.45, 7) is 0. The lowest BCUT2D eigenvalue weighted by Gasteiger charge is -2.04. The molecule has 0 aliphatic rings. The van der Waals surface area contributed by atoms with Crippen LogP contribution in [0, 0.1) is 0 Å². The molecule has 0 unspecified atom stereocenters. The molecule has 1 N–H and O–H groups in total. The number of nitrogens with one attached hydrogen (secondary N) is 1. The van der Waals surface area contributed by atoms with E-state index in [9.17, 15) is 9.59 Å². The van der Waals surface area contributed by atoms with Crippen LogP contribution in [0.1, 0.15) is 10.4 Å². The van der Waals surface area contributed by atoms with Crippen LogP contribution >= 0.6 is 11.6 Å². The van der Waals surface area contributed by atoms with Gasteiger partial charge in [0.25, 0.3) is 11.5 Å². The number of carbonyl (C=O) groups is 1. The van der Waals surface area contributed by atoms with Crippen molar-refractivity contribution in [3.63, 3.8) is 0 Å². The number of nitrogens with zero attached hydrogens (tertiary/aromatic N) is 3. The number of aryl methyl sites for hydroxylation is 1. The first kappa shape index (κ1) is 15.1. The van der Waals surface area contributed by atoms with Crippen LogP contribution in [0.2, 0.25) is 5.02 Å². The Bertz CT molecular complexity index is 912.